The Kier molecular flexibility index (Phi) is 9.11. The van der Waals surface area contributed by atoms with Crippen molar-refractivity contribution in [3.63, 3.8) is 0 Å². The predicted molar refractivity (Wildman–Crippen MR) is 138 cm³/mol. The van der Waals surface area contributed by atoms with Crippen LogP contribution < -0.4 is 19.2 Å². The lowest BCUT2D eigenvalue weighted by Crippen LogP contribution is -2.39. The molecule has 1 N–H and O–H groups in total. The average molecular weight is 516 g/mol. The van der Waals surface area contributed by atoms with E-state index in [1.807, 2.05) is 37.3 Å². The standard InChI is InChI=1S/C25H26ClN3O5S/c1-3-33-24-15-20(13-14-23(24)34-18-19-9-5-4-6-10-19)16-27-28-25(30)17-29(35(2,31)32)22-12-8-7-11-21(22)26/h4-16H,3,17-18H2,1-2H3,(H,28,30)/b27-16-. The number of rotatable bonds is 11. The first kappa shape index (κ1) is 26.1. The molecule has 3 aromatic rings. The molecule has 0 aliphatic heterocycles. The van der Waals surface area contributed by atoms with E-state index in [-0.39, 0.29) is 10.7 Å². The van der Waals surface area contributed by atoms with Crippen LogP contribution in [0.5, 0.6) is 11.5 Å². The summed E-state index contributed by atoms with van der Waals surface area (Å²) in [6, 6.07) is 21.4. The number of halogens is 1. The summed E-state index contributed by atoms with van der Waals surface area (Å²) in [6.07, 6.45) is 2.44. The maximum absolute atomic E-state index is 12.4. The van der Waals surface area contributed by atoms with Crippen LogP contribution >= 0.6 is 11.6 Å². The van der Waals surface area contributed by atoms with Gasteiger partial charge in [-0.25, -0.2) is 13.8 Å². The predicted octanol–water partition coefficient (Wildman–Crippen LogP) is 4.23. The molecule has 0 fully saturated rings. The van der Waals surface area contributed by atoms with Crippen LogP contribution in [0.2, 0.25) is 5.02 Å². The Labute approximate surface area is 210 Å². The SMILES string of the molecule is CCOc1cc(/C=N\NC(=O)CN(c2ccccc2Cl)S(C)(=O)=O)ccc1OCc1ccccc1. The summed E-state index contributed by atoms with van der Waals surface area (Å²) < 4.78 is 36.9. The molecule has 0 aromatic heterocycles. The number of nitrogens with one attached hydrogen (secondary N) is 1. The smallest absolute Gasteiger partial charge is 0.260 e. The Morgan fingerprint density at radius 2 is 1.74 bits per heavy atom. The zero-order chi connectivity index (χ0) is 25.3. The number of sulfonamides is 1. The van der Waals surface area contributed by atoms with Crippen LogP contribution in [0.3, 0.4) is 0 Å². The molecule has 3 rings (SSSR count). The van der Waals surface area contributed by atoms with Crippen molar-refractivity contribution >= 4 is 39.4 Å². The maximum atomic E-state index is 12.4. The highest BCUT2D eigenvalue weighted by molar-refractivity contribution is 7.92. The third-order valence-corrected chi connectivity index (χ3v) is 6.16. The van der Waals surface area contributed by atoms with E-state index in [1.54, 1.807) is 36.4 Å². The number of carbonyl (C=O) groups excluding carboxylic acids is 1. The first-order valence-electron chi connectivity index (χ1n) is 10.8. The molecule has 10 heteroatoms. The number of nitrogens with zero attached hydrogens (tertiary/aromatic N) is 2. The molecule has 184 valence electrons. The fourth-order valence-electron chi connectivity index (χ4n) is 3.11. The largest absolute Gasteiger partial charge is 0.490 e. The van der Waals surface area contributed by atoms with Gasteiger partial charge in [0.15, 0.2) is 11.5 Å². The van der Waals surface area contributed by atoms with Gasteiger partial charge in [-0.3, -0.25) is 9.10 Å². The lowest BCUT2D eigenvalue weighted by Gasteiger charge is -2.22. The van der Waals surface area contributed by atoms with Gasteiger partial charge in [0, 0.05) is 0 Å². The van der Waals surface area contributed by atoms with Crippen LogP contribution in [0, 0.1) is 0 Å². The molecule has 0 bridgehead atoms. The van der Waals surface area contributed by atoms with Gasteiger partial charge in [0.05, 0.1) is 29.8 Å². The number of hydrazone groups is 1. The molecular weight excluding hydrogens is 490 g/mol. The Hall–Kier alpha value is -3.56. The molecule has 0 radical (unpaired) electrons. The summed E-state index contributed by atoms with van der Waals surface area (Å²) in [7, 11) is -3.75. The zero-order valence-corrected chi connectivity index (χ0v) is 20.9. The zero-order valence-electron chi connectivity index (χ0n) is 19.3. The van der Waals surface area contributed by atoms with Crippen molar-refractivity contribution in [2.45, 2.75) is 13.5 Å². The molecule has 0 aliphatic carbocycles. The number of para-hydroxylation sites is 1. The molecule has 3 aromatic carbocycles. The Balaban J connectivity index is 1.66. The first-order valence-corrected chi connectivity index (χ1v) is 13.0. The van der Waals surface area contributed by atoms with E-state index >= 15 is 0 Å². The summed E-state index contributed by atoms with van der Waals surface area (Å²) in [4.78, 5) is 12.4. The molecule has 0 saturated carbocycles. The second-order valence-electron chi connectivity index (χ2n) is 7.43. The minimum atomic E-state index is -3.75. The molecule has 0 heterocycles. The number of amides is 1. The number of ether oxygens (including phenoxy) is 2. The normalized spacial score (nSPS) is 11.3. The van der Waals surface area contributed by atoms with E-state index in [9.17, 15) is 13.2 Å². The third-order valence-electron chi connectivity index (χ3n) is 4.72. The van der Waals surface area contributed by atoms with Crippen LogP contribution in [0.15, 0.2) is 77.9 Å². The summed E-state index contributed by atoms with van der Waals surface area (Å²) in [5.74, 6) is 0.501. The number of anilines is 1. The second kappa shape index (κ2) is 12.2. The van der Waals surface area contributed by atoms with Gasteiger partial charge in [0.25, 0.3) is 5.91 Å². The van der Waals surface area contributed by atoms with Gasteiger partial charge in [-0.15, -0.1) is 0 Å². The van der Waals surface area contributed by atoms with E-state index in [4.69, 9.17) is 21.1 Å². The molecule has 0 aliphatic rings. The number of hydrogen-bond acceptors (Lipinski definition) is 6. The van der Waals surface area contributed by atoms with Crippen molar-refractivity contribution in [3.8, 4) is 11.5 Å². The molecule has 0 atom stereocenters. The lowest BCUT2D eigenvalue weighted by atomic mass is 10.2. The monoisotopic (exact) mass is 515 g/mol. The van der Waals surface area contributed by atoms with Crippen molar-refractivity contribution in [2.75, 3.05) is 23.7 Å². The number of carbonyl (C=O) groups is 1. The Bertz CT molecular complexity index is 1280. The summed E-state index contributed by atoms with van der Waals surface area (Å²) >= 11 is 6.11. The summed E-state index contributed by atoms with van der Waals surface area (Å²) in [5.41, 5.74) is 4.25. The van der Waals surface area contributed by atoms with Gasteiger partial charge < -0.3 is 9.47 Å². The van der Waals surface area contributed by atoms with Gasteiger partial charge in [-0.1, -0.05) is 54.1 Å². The minimum Gasteiger partial charge on any atom is -0.490 e. The van der Waals surface area contributed by atoms with Crippen LogP contribution in [-0.4, -0.2) is 39.9 Å². The van der Waals surface area contributed by atoms with Crippen molar-refractivity contribution in [2.24, 2.45) is 5.10 Å². The van der Waals surface area contributed by atoms with Crippen LogP contribution in [-0.2, 0) is 21.4 Å². The van der Waals surface area contributed by atoms with Gasteiger partial charge >= 0.3 is 0 Å². The molecule has 35 heavy (non-hydrogen) atoms. The van der Waals surface area contributed by atoms with Crippen LogP contribution in [0.4, 0.5) is 5.69 Å². The maximum Gasteiger partial charge on any atom is 0.260 e. The number of benzene rings is 3. The Morgan fingerprint density at radius 1 is 1.03 bits per heavy atom. The molecular formula is C25H26ClN3O5S. The van der Waals surface area contributed by atoms with Gasteiger partial charge in [0.2, 0.25) is 10.0 Å². The summed E-state index contributed by atoms with van der Waals surface area (Å²) in [6.45, 7) is 2.24. The van der Waals surface area contributed by atoms with Crippen LogP contribution in [0.1, 0.15) is 18.1 Å². The molecule has 0 spiro atoms. The van der Waals surface area contributed by atoms with Crippen molar-refractivity contribution < 1.29 is 22.7 Å². The van der Waals surface area contributed by atoms with Gasteiger partial charge in [-0.2, -0.15) is 5.10 Å². The van der Waals surface area contributed by atoms with E-state index < -0.39 is 22.5 Å². The fourth-order valence-corrected chi connectivity index (χ4v) is 4.26. The van der Waals surface area contributed by atoms with Crippen LogP contribution in [0.25, 0.3) is 0 Å². The molecule has 1 amide bonds. The average Bonchev–Trinajstić information content (AvgIpc) is 2.83. The van der Waals surface area contributed by atoms with Gasteiger partial charge in [-0.05, 0) is 48.4 Å². The Morgan fingerprint density at radius 3 is 2.43 bits per heavy atom. The number of hydrogen-bond donors (Lipinski definition) is 1. The second-order valence-corrected chi connectivity index (χ2v) is 9.74. The molecule has 0 saturated heterocycles. The quantitative estimate of drug-likeness (QED) is 0.304. The highest BCUT2D eigenvalue weighted by atomic mass is 35.5. The van der Waals surface area contributed by atoms with E-state index in [0.717, 1.165) is 16.1 Å². The molecule has 8 nitrogen and oxygen atoms in total. The van der Waals surface area contributed by atoms with E-state index in [1.165, 1.54) is 12.3 Å². The highest BCUT2D eigenvalue weighted by Crippen LogP contribution is 2.29. The van der Waals surface area contributed by atoms with E-state index in [2.05, 4.69) is 10.5 Å². The fraction of sp³-hybridized carbons (Fsp3) is 0.200. The van der Waals surface area contributed by atoms with Gasteiger partial charge in [0.1, 0.15) is 13.2 Å². The summed E-state index contributed by atoms with van der Waals surface area (Å²) in [5, 5.41) is 4.16. The highest BCUT2D eigenvalue weighted by Gasteiger charge is 2.22. The van der Waals surface area contributed by atoms with E-state index in [0.29, 0.717) is 30.3 Å². The minimum absolute atomic E-state index is 0.211. The third kappa shape index (κ3) is 7.73. The first-order chi connectivity index (χ1) is 16.8. The topological polar surface area (TPSA) is 97.3 Å². The van der Waals surface area contributed by atoms with Crippen molar-refractivity contribution in [1.82, 2.24) is 5.43 Å². The molecule has 0 unspecified atom stereocenters. The van der Waals surface area contributed by atoms with Crippen molar-refractivity contribution in [1.29, 1.82) is 0 Å². The van der Waals surface area contributed by atoms with Crippen molar-refractivity contribution in [3.05, 3.63) is 88.9 Å². The lowest BCUT2D eigenvalue weighted by molar-refractivity contribution is -0.119.